The second-order valence-electron chi connectivity index (χ2n) is 6.22. The molecule has 0 unspecified atom stereocenters. The summed E-state index contributed by atoms with van der Waals surface area (Å²) in [5, 5.41) is 20.5. The summed E-state index contributed by atoms with van der Waals surface area (Å²) in [7, 11) is 0. The molecule has 148 valence electrons. The third-order valence-corrected chi connectivity index (χ3v) is 6.39. The van der Waals surface area contributed by atoms with Gasteiger partial charge in [0, 0.05) is 5.69 Å². The molecule has 0 saturated heterocycles. The van der Waals surface area contributed by atoms with Gasteiger partial charge in [-0.3, -0.25) is 4.57 Å². The lowest BCUT2D eigenvalue weighted by molar-refractivity contribution is 0.528. The van der Waals surface area contributed by atoms with Crippen LogP contribution in [0.5, 0.6) is 0 Å². The second kappa shape index (κ2) is 8.43. The van der Waals surface area contributed by atoms with Crippen LogP contribution in [0.2, 0.25) is 5.02 Å². The van der Waals surface area contributed by atoms with E-state index in [0.29, 0.717) is 22.6 Å². The molecule has 0 fully saturated rings. The maximum absolute atomic E-state index is 6.23. The van der Waals surface area contributed by atoms with Crippen LogP contribution in [0.15, 0.2) is 81.7 Å². The van der Waals surface area contributed by atoms with E-state index < -0.39 is 0 Å². The highest BCUT2D eigenvalue weighted by Gasteiger charge is 2.18. The number of hydrogen-bond acceptors (Lipinski definition) is 7. The van der Waals surface area contributed by atoms with Crippen molar-refractivity contribution in [3.8, 4) is 27.8 Å². The molecule has 3 heterocycles. The number of hydrogen-bond donors (Lipinski definition) is 0. The van der Waals surface area contributed by atoms with Crippen molar-refractivity contribution in [3.05, 3.63) is 83.0 Å². The molecule has 2 aromatic carbocycles. The molecule has 0 aliphatic rings. The summed E-state index contributed by atoms with van der Waals surface area (Å²) in [6.07, 6.45) is 0. The predicted molar refractivity (Wildman–Crippen MR) is 119 cm³/mol. The Morgan fingerprint density at radius 2 is 1.73 bits per heavy atom. The molecule has 0 radical (unpaired) electrons. The quantitative estimate of drug-likeness (QED) is 0.295. The summed E-state index contributed by atoms with van der Waals surface area (Å²) >= 11 is 9.35. The Morgan fingerprint density at radius 1 is 0.900 bits per heavy atom. The van der Waals surface area contributed by atoms with Gasteiger partial charge >= 0.3 is 0 Å². The molecule has 30 heavy (non-hydrogen) atoms. The highest BCUT2D eigenvalue weighted by atomic mass is 35.5. The number of nitrogens with zero attached hydrogens (tertiary/aromatic N) is 5. The fraction of sp³-hybridized carbons (Fsp3) is 0.0476. The zero-order chi connectivity index (χ0) is 20.3. The highest BCUT2D eigenvalue weighted by molar-refractivity contribution is 7.98. The van der Waals surface area contributed by atoms with Crippen molar-refractivity contribution in [1.29, 1.82) is 0 Å². The van der Waals surface area contributed by atoms with E-state index in [1.54, 1.807) is 17.4 Å². The number of thiophene rings is 1. The van der Waals surface area contributed by atoms with Crippen LogP contribution in [0, 0.1) is 0 Å². The fourth-order valence-corrected chi connectivity index (χ4v) is 4.62. The van der Waals surface area contributed by atoms with Gasteiger partial charge in [0.15, 0.2) is 11.0 Å². The van der Waals surface area contributed by atoms with Crippen LogP contribution in [0.4, 0.5) is 0 Å². The van der Waals surface area contributed by atoms with Crippen LogP contribution in [-0.4, -0.2) is 25.0 Å². The van der Waals surface area contributed by atoms with E-state index in [4.69, 9.17) is 16.0 Å². The first-order valence-corrected chi connectivity index (χ1v) is 11.3. The Kier molecular flexibility index (Phi) is 5.35. The lowest BCUT2D eigenvalue weighted by Gasteiger charge is -2.08. The maximum atomic E-state index is 6.23. The minimum atomic E-state index is 0.403. The monoisotopic (exact) mass is 451 g/mol. The maximum Gasteiger partial charge on any atom is 0.249 e. The summed E-state index contributed by atoms with van der Waals surface area (Å²) in [5.41, 5.74) is 1.71. The lowest BCUT2D eigenvalue weighted by Crippen LogP contribution is -1.98. The Morgan fingerprint density at radius 3 is 2.53 bits per heavy atom. The summed E-state index contributed by atoms with van der Waals surface area (Å²) in [6.45, 7) is 0. The van der Waals surface area contributed by atoms with Gasteiger partial charge in [-0.15, -0.1) is 31.7 Å². The van der Waals surface area contributed by atoms with Crippen LogP contribution in [0.3, 0.4) is 0 Å². The number of aromatic nitrogens is 5. The van der Waals surface area contributed by atoms with E-state index in [-0.39, 0.29) is 0 Å². The van der Waals surface area contributed by atoms with E-state index in [1.165, 1.54) is 11.8 Å². The minimum absolute atomic E-state index is 0.403. The van der Waals surface area contributed by atoms with Crippen molar-refractivity contribution in [2.75, 3.05) is 0 Å². The third kappa shape index (κ3) is 3.77. The predicted octanol–water partition coefficient (Wildman–Crippen LogP) is 5.99. The van der Waals surface area contributed by atoms with Gasteiger partial charge in [0.2, 0.25) is 11.8 Å². The van der Waals surface area contributed by atoms with E-state index in [2.05, 4.69) is 20.4 Å². The third-order valence-electron chi connectivity index (χ3n) is 4.29. The van der Waals surface area contributed by atoms with Crippen molar-refractivity contribution >= 4 is 34.7 Å². The SMILES string of the molecule is Clc1ccccc1-c1nnc(CSc2nnc(-c3cccs3)n2-c2ccccc2)o1. The second-order valence-corrected chi connectivity index (χ2v) is 8.52. The Balaban J connectivity index is 1.43. The normalized spacial score (nSPS) is 11.1. The largest absolute Gasteiger partial charge is 0.420 e. The Bertz CT molecular complexity index is 1270. The zero-order valence-corrected chi connectivity index (χ0v) is 17.9. The average molecular weight is 452 g/mol. The summed E-state index contributed by atoms with van der Waals surface area (Å²) < 4.78 is 7.86. The first-order valence-electron chi connectivity index (χ1n) is 9.04. The molecule has 5 aromatic rings. The van der Waals surface area contributed by atoms with Crippen molar-refractivity contribution in [3.63, 3.8) is 0 Å². The molecule has 3 aromatic heterocycles. The van der Waals surface area contributed by atoms with Crippen LogP contribution in [0.1, 0.15) is 5.89 Å². The van der Waals surface area contributed by atoms with Gasteiger partial charge < -0.3 is 4.42 Å². The first-order chi connectivity index (χ1) is 14.8. The van der Waals surface area contributed by atoms with E-state index in [1.807, 2.05) is 70.6 Å². The van der Waals surface area contributed by atoms with Crippen molar-refractivity contribution in [2.45, 2.75) is 10.9 Å². The standard InChI is InChI=1S/C21H14ClN5OS2/c22-16-10-5-4-9-15(16)20-25-23-18(28-20)13-30-21-26-24-19(17-11-6-12-29-17)27(21)14-7-2-1-3-8-14/h1-12H,13H2. The van der Waals surface area contributed by atoms with E-state index >= 15 is 0 Å². The van der Waals surface area contributed by atoms with Gasteiger partial charge in [0.05, 0.1) is 21.2 Å². The van der Waals surface area contributed by atoms with Crippen molar-refractivity contribution in [1.82, 2.24) is 25.0 Å². The molecule has 5 rings (SSSR count). The summed E-state index contributed by atoms with van der Waals surface area (Å²) in [5.74, 6) is 2.17. The molecular formula is C21H14ClN5OS2. The van der Waals surface area contributed by atoms with Crippen LogP contribution >= 0.6 is 34.7 Å². The number of rotatable bonds is 6. The summed E-state index contributed by atoms with van der Waals surface area (Å²) in [6, 6.07) is 21.5. The molecule has 0 aliphatic heterocycles. The molecular weight excluding hydrogens is 438 g/mol. The molecule has 0 atom stereocenters. The van der Waals surface area contributed by atoms with Gasteiger partial charge in [-0.25, -0.2) is 0 Å². The van der Waals surface area contributed by atoms with Gasteiger partial charge in [0.1, 0.15) is 0 Å². The minimum Gasteiger partial charge on any atom is -0.420 e. The average Bonchev–Trinajstić information content (AvgIpc) is 3.53. The molecule has 6 nitrogen and oxygen atoms in total. The number of benzene rings is 2. The zero-order valence-electron chi connectivity index (χ0n) is 15.5. The molecule has 0 bridgehead atoms. The molecule has 0 saturated carbocycles. The Hall–Kier alpha value is -2.94. The van der Waals surface area contributed by atoms with Crippen molar-refractivity contribution < 1.29 is 4.42 Å². The molecule has 9 heteroatoms. The molecule has 0 spiro atoms. The first kappa shape index (κ1) is 19.0. The van der Waals surface area contributed by atoms with Gasteiger partial charge in [0.25, 0.3) is 0 Å². The number of para-hydroxylation sites is 1. The highest BCUT2D eigenvalue weighted by Crippen LogP contribution is 2.32. The van der Waals surface area contributed by atoms with Gasteiger partial charge in [-0.05, 0) is 35.7 Å². The smallest absolute Gasteiger partial charge is 0.249 e. The van der Waals surface area contributed by atoms with E-state index in [0.717, 1.165) is 27.1 Å². The molecule has 0 aliphatic carbocycles. The van der Waals surface area contributed by atoms with Crippen LogP contribution < -0.4 is 0 Å². The molecule has 0 N–H and O–H groups in total. The topological polar surface area (TPSA) is 69.6 Å². The molecule has 0 amide bonds. The Labute approximate surface area is 185 Å². The van der Waals surface area contributed by atoms with Gasteiger partial charge in [-0.1, -0.05) is 59.8 Å². The fourth-order valence-electron chi connectivity index (χ4n) is 2.92. The lowest BCUT2D eigenvalue weighted by atomic mass is 10.2. The van der Waals surface area contributed by atoms with Crippen LogP contribution in [0.25, 0.3) is 27.8 Å². The van der Waals surface area contributed by atoms with Gasteiger partial charge in [-0.2, -0.15) is 0 Å². The number of thioether (sulfide) groups is 1. The van der Waals surface area contributed by atoms with E-state index in [9.17, 15) is 0 Å². The van der Waals surface area contributed by atoms with Crippen molar-refractivity contribution in [2.24, 2.45) is 0 Å². The summed E-state index contributed by atoms with van der Waals surface area (Å²) in [4.78, 5) is 1.05. The van der Waals surface area contributed by atoms with Crippen LogP contribution in [-0.2, 0) is 5.75 Å². The number of halogens is 1.